The third-order valence-electron chi connectivity index (χ3n) is 9.74. The van der Waals surface area contributed by atoms with Crippen LogP contribution in [0.15, 0.2) is 60.7 Å². The summed E-state index contributed by atoms with van der Waals surface area (Å²) in [5.74, 6) is -2.41. The van der Waals surface area contributed by atoms with Crippen LogP contribution in [-0.4, -0.2) is 28.8 Å². The van der Waals surface area contributed by atoms with Crippen molar-refractivity contribution in [2.75, 3.05) is 10.6 Å². The Kier molecular flexibility index (Phi) is 8.83. The Morgan fingerprint density at radius 1 is 0.911 bits per heavy atom. The highest BCUT2D eigenvalue weighted by atomic mass is 35.5. The van der Waals surface area contributed by atoms with Crippen LogP contribution >= 0.6 is 11.6 Å². The van der Waals surface area contributed by atoms with E-state index in [-0.39, 0.29) is 23.2 Å². The molecule has 0 radical (unpaired) electrons. The minimum absolute atomic E-state index is 0.00714. The molecule has 3 aromatic carbocycles. The molecular formula is C35H36ClF4N3O2. The van der Waals surface area contributed by atoms with Crippen molar-refractivity contribution in [2.24, 2.45) is 11.8 Å². The highest BCUT2D eigenvalue weighted by Crippen LogP contribution is 2.49. The van der Waals surface area contributed by atoms with E-state index in [1.807, 2.05) is 24.3 Å². The summed E-state index contributed by atoms with van der Waals surface area (Å²) in [6.45, 7) is 1.69. The van der Waals surface area contributed by atoms with Crippen LogP contribution in [0, 0.1) is 24.6 Å². The molecule has 4 atom stereocenters. The van der Waals surface area contributed by atoms with Crippen LogP contribution in [0.1, 0.15) is 84.5 Å². The van der Waals surface area contributed by atoms with E-state index in [0.29, 0.717) is 23.6 Å². The molecule has 2 amide bonds. The number of halogens is 5. The molecule has 3 aromatic rings. The lowest BCUT2D eigenvalue weighted by atomic mass is 9.76. The number of anilines is 2. The molecule has 238 valence electrons. The third-order valence-corrected chi connectivity index (χ3v) is 10.1. The molecule has 0 aromatic heterocycles. The number of hydrogen-bond acceptors (Lipinski definition) is 3. The monoisotopic (exact) mass is 641 g/mol. The number of carbonyl (C=O) groups excluding carboxylic acids is 2. The second-order valence-corrected chi connectivity index (χ2v) is 13.0. The van der Waals surface area contributed by atoms with Gasteiger partial charge in [0, 0.05) is 23.5 Å². The van der Waals surface area contributed by atoms with Gasteiger partial charge in [-0.2, -0.15) is 13.2 Å². The van der Waals surface area contributed by atoms with Crippen molar-refractivity contribution in [3.63, 3.8) is 0 Å². The van der Waals surface area contributed by atoms with Crippen LogP contribution < -0.4 is 10.6 Å². The van der Waals surface area contributed by atoms with Gasteiger partial charge in [0.2, 0.25) is 5.91 Å². The molecule has 0 spiro atoms. The molecule has 2 N–H and O–H groups in total. The number of piperidine rings is 1. The van der Waals surface area contributed by atoms with E-state index in [4.69, 9.17) is 11.6 Å². The Morgan fingerprint density at radius 2 is 1.62 bits per heavy atom. The maximum Gasteiger partial charge on any atom is 0.417 e. The molecule has 45 heavy (non-hydrogen) atoms. The quantitative estimate of drug-likeness (QED) is 0.264. The van der Waals surface area contributed by atoms with Crippen molar-refractivity contribution in [1.82, 2.24) is 4.90 Å². The standard InChI is InChI=1S/C35H36ClF4N3O2/c1-20-6-4-10-29(37)31(20)34(45)43-30-11-5-7-22(30)18-26(33(44)42-25-16-17-28(36)27(19-25)35(38,39)40)32(43)21-12-14-24(15-13-21)41-23-8-2-3-9-23/h4,6,10,12-17,19,22-23,26,30,32,41H,2-3,5,7-9,11,18H2,1H3,(H,42,44)/t22-,26?,30-,32?/m0/s1. The summed E-state index contributed by atoms with van der Waals surface area (Å²) in [4.78, 5) is 30.2. The molecular weight excluding hydrogens is 606 g/mol. The van der Waals surface area contributed by atoms with Crippen molar-refractivity contribution in [1.29, 1.82) is 0 Å². The fraction of sp³-hybridized carbons (Fsp3) is 0.429. The fourth-order valence-corrected chi connectivity index (χ4v) is 7.83. The number of nitrogens with zero attached hydrogens (tertiary/aromatic N) is 1. The second-order valence-electron chi connectivity index (χ2n) is 12.6. The summed E-state index contributed by atoms with van der Waals surface area (Å²) < 4.78 is 56.1. The van der Waals surface area contributed by atoms with Gasteiger partial charge in [-0.1, -0.05) is 55.1 Å². The normalized spacial score (nSPS) is 23.6. The van der Waals surface area contributed by atoms with Gasteiger partial charge in [0.25, 0.3) is 5.91 Å². The summed E-state index contributed by atoms with van der Waals surface area (Å²) in [6.07, 6.45) is 2.69. The largest absolute Gasteiger partial charge is 0.417 e. The zero-order chi connectivity index (χ0) is 31.9. The number of amides is 2. The highest BCUT2D eigenvalue weighted by molar-refractivity contribution is 6.31. The molecule has 10 heteroatoms. The smallest absolute Gasteiger partial charge is 0.382 e. The van der Waals surface area contributed by atoms with Gasteiger partial charge in [0.15, 0.2) is 0 Å². The van der Waals surface area contributed by atoms with E-state index >= 15 is 4.39 Å². The number of hydrogen-bond donors (Lipinski definition) is 2. The molecule has 6 rings (SSSR count). The van der Waals surface area contributed by atoms with Crippen molar-refractivity contribution in [2.45, 2.75) is 82.6 Å². The average Bonchev–Trinajstić information content (AvgIpc) is 3.69. The third kappa shape index (κ3) is 6.41. The summed E-state index contributed by atoms with van der Waals surface area (Å²) in [5.41, 5.74) is 1.04. The van der Waals surface area contributed by atoms with Gasteiger partial charge in [-0.15, -0.1) is 0 Å². The van der Waals surface area contributed by atoms with Gasteiger partial charge in [0.05, 0.1) is 28.1 Å². The number of alkyl halides is 3. The Labute approximate surface area is 265 Å². The first kappa shape index (κ1) is 31.4. The molecule has 2 saturated carbocycles. The maximum atomic E-state index is 15.2. The zero-order valence-corrected chi connectivity index (χ0v) is 25.7. The number of aryl methyl sites for hydroxylation is 1. The van der Waals surface area contributed by atoms with Crippen molar-refractivity contribution >= 4 is 34.8 Å². The number of fused-ring (bicyclic) bond motifs is 1. The van der Waals surface area contributed by atoms with Crippen LogP contribution in [0.4, 0.5) is 28.9 Å². The van der Waals surface area contributed by atoms with Gasteiger partial charge in [0.1, 0.15) is 5.82 Å². The predicted octanol–water partition coefficient (Wildman–Crippen LogP) is 9.17. The van der Waals surface area contributed by atoms with Gasteiger partial charge in [-0.25, -0.2) is 4.39 Å². The van der Waals surface area contributed by atoms with Gasteiger partial charge < -0.3 is 15.5 Å². The Morgan fingerprint density at radius 3 is 2.31 bits per heavy atom. The van der Waals surface area contributed by atoms with Crippen LogP contribution in [0.5, 0.6) is 0 Å². The Hall–Kier alpha value is -3.59. The Balaban J connectivity index is 1.39. The van der Waals surface area contributed by atoms with E-state index in [0.717, 1.165) is 49.9 Å². The lowest BCUT2D eigenvalue weighted by molar-refractivity contribution is -0.137. The van der Waals surface area contributed by atoms with E-state index in [1.54, 1.807) is 24.0 Å². The summed E-state index contributed by atoms with van der Waals surface area (Å²) in [7, 11) is 0. The molecule has 1 heterocycles. The molecule has 2 unspecified atom stereocenters. The molecule has 3 fully saturated rings. The zero-order valence-electron chi connectivity index (χ0n) is 25.0. The lowest BCUT2D eigenvalue weighted by Crippen LogP contribution is -2.54. The summed E-state index contributed by atoms with van der Waals surface area (Å²) in [5, 5.41) is 5.79. The first-order chi connectivity index (χ1) is 21.5. The maximum absolute atomic E-state index is 15.2. The van der Waals surface area contributed by atoms with E-state index < -0.39 is 46.4 Å². The minimum atomic E-state index is -4.70. The highest BCUT2D eigenvalue weighted by Gasteiger charge is 2.50. The lowest BCUT2D eigenvalue weighted by Gasteiger charge is -2.48. The first-order valence-electron chi connectivity index (χ1n) is 15.6. The molecule has 0 bridgehead atoms. The summed E-state index contributed by atoms with van der Waals surface area (Å²) in [6, 6.07) is 14.9. The molecule has 1 saturated heterocycles. The SMILES string of the molecule is Cc1cccc(F)c1C(=O)N1C(c2ccc(NC3CCCC3)cc2)C(C(=O)Nc2ccc(Cl)c(C(F)(F)F)c2)C[C@@H]2CCC[C@@H]21. The average molecular weight is 642 g/mol. The minimum Gasteiger partial charge on any atom is -0.382 e. The van der Waals surface area contributed by atoms with Crippen LogP contribution in [0.2, 0.25) is 5.02 Å². The number of carbonyl (C=O) groups is 2. The van der Waals surface area contributed by atoms with Crippen molar-refractivity contribution in [3.8, 4) is 0 Å². The van der Waals surface area contributed by atoms with E-state index in [1.165, 1.54) is 25.0 Å². The molecule has 3 aliphatic rings. The van der Waals surface area contributed by atoms with Crippen LogP contribution in [0.3, 0.4) is 0 Å². The number of likely N-dealkylation sites (tertiary alicyclic amines) is 1. The van der Waals surface area contributed by atoms with Gasteiger partial charge >= 0.3 is 6.18 Å². The van der Waals surface area contributed by atoms with E-state index in [2.05, 4.69) is 10.6 Å². The van der Waals surface area contributed by atoms with Crippen molar-refractivity contribution in [3.05, 3.63) is 93.8 Å². The fourth-order valence-electron chi connectivity index (χ4n) is 7.60. The first-order valence-corrected chi connectivity index (χ1v) is 16.0. The molecule has 2 aliphatic carbocycles. The van der Waals surface area contributed by atoms with E-state index in [9.17, 15) is 22.8 Å². The topological polar surface area (TPSA) is 61.4 Å². The number of benzene rings is 3. The van der Waals surface area contributed by atoms with Gasteiger partial charge in [-0.3, -0.25) is 9.59 Å². The van der Waals surface area contributed by atoms with Gasteiger partial charge in [-0.05, 0) is 92.5 Å². The molecule has 5 nitrogen and oxygen atoms in total. The van der Waals surface area contributed by atoms with Crippen LogP contribution in [-0.2, 0) is 11.0 Å². The second kappa shape index (κ2) is 12.7. The summed E-state index contributed by atoms with van der Waals surface area (Å²) >= 11 is 5.82. The number of nitrogens with one attached hydrogen (secondary N) is 2. The molecule has 1 aliphatic heterocycles. The van der Waals surface area contributed by atoms with Crippen LogP contribution in [0.25, 0.3) is 0 Å². The number of rotatable bonds is 6. The van der Waals surface area contributed by atoms with Crippen molar-refractivity contribution < 1.29 is 27.2 Å². The Bertz CT molecular complexity index is 1550. The predicted molar refractivity (Wildman–Crippen MR) is 167 cm³/mol.